The number of hydrogen-bond donors (Lipinski definition) is 2. The Morgan fingerprint density at radius 2 is 1.74 bits per heavy atom. The second kappa shape index (κ2) is 4.58. The lowest BCUT2D eigenvalue weighted by molar-refractivity contribution is -0.143. The molecule has 2 aliphatic heterocycles. The van der Waals surface area contributed by atoms with Gasteiger partial charge in [0.2, 0.25) is 0 Å². The van der Waals surface area contributed by atoms with Gasteiger partial charge in [-0.05, 0) is 5.56 Å². The molecule has 0 amide bonds. The number of fused-ring (bicyclic) bond motifs is 2. The molecule has 2 fully saturated rings. The van der Waals surface area contributed by atoms with E-state index in [1.165, 1.54) is 5.56 Å². The molecule has 0 radical (unpaired) electrons. The van der Waals surface area contributed by atoms with E-state index in [2.05, 4.69) is 54.4 Å². The van der Waals surface area contributed by atoms with Crippen LogP contribution in [0.5, 0.6) is 0 Å². The average Bonchev–Trinajstić information content (AvgIpc) is 2.35. The lowest BCUT2D eigenvalue weighted by Gasteiger charge is -2.57. The van der Waals surface area contributed by atoms with Crippen molar-refractivity contribution in [2.75, 3.05) is 26.2 Å². The third kappa shape index (κ3) is 2.31. The molecule has 2 atom stereocenters. The molecule has 3 rings (SSSR count). The molecule has 0 saturated carbocycles. The average molecular weight is 260 g/mol. The zero-order valence-corrected chi connectivity index (χ0v) is 11.9. The standard InChI is InChI=1S/C16H24N2O/c1-15-9-17-10-16(2,14(15)19)12-18(11-15)8-13-6-4-3-5-7-13/h3-7,14,17,19H,8-12H2,1-2H3/t15-,16-/m1/s1. The zero-order chi connectivity index (χ0) is 13.5. The summed E-state index contributed by atoms with van der Waals surface area (Å²) in [5, 5.41) is 14.1. The van der Waals surface area contributed by atoms with Crippen LogP contribution in [0.15, 0.2) is 30.3 Å². The van der Waals surface area contributed by atoms with Crippen molar-refractivity contribution in [2.24, 2.45) is 10.8 Å². The fourth-order valence-corrected chi connectivity index (χ4v) is 3.98. The number of likely N-dealkylation sites (tertiary alicyclic amines) is 1. The maximum Gasteiger partial charge on any atom is 0.0696 e. The summed E-state index contributed by atoms with van der Waals surface area (Å²) in [5.74, 6) is 0. The van der Waals surface area contributed by atoms with Crippen molar-refractivity contribution in [1.82, 2.24) is 10.2 Å². The monoisotopic (exact) mass is 260 g/mol. The van der Waals surface area contributed by atoms with E-state index in [0.717, 1.165) is 32.7 Å². The van der Waals surface area contributed by atoms with Crippen molar-refractivity contribution in [1.29, 1.82) is 0 Å². The third-order valence-corrected chi connectivity index (χ3v) is 4.80. The van der Waals surface area contributed by atoms with Crippen molar-refractivity contribution in [3.05, 3.63) is 35.9 Å². The highest BCUT2D eigenvalue weighted by Gasteiger charge is 2.53. The smallest absolute Gasteiger partial charge is 0.0696 e. The Labute approximate surface area is 115 Å². The van der Waals surface area contributed by atoms with Gasteiger partial charge in [0.15, 0.2) is 0 Å². The van der Waals surface area contributed by atoms with Crippen LogP contribution in [0.4, 0.5) is 0 Å². The SMILES string of the molecule is C[C@@]12CNC[C@](C)(CN(Cc3ccccc3)C1)C2O. The molecular weight excluding hydrogens is 236 g/mol. The number of benzene rings is 1. The number of nitrogens with one attached hydrogen (secondary N) is 1. The van der Waals surface area contributed by atoms with E-state index < -0.39 is 0 Å². The Morgan fingerprint density at radius 3 is 2.32 bits per heavy atom. The minimum Gasteiger partial charge on any atom is -0.392 e. The Hall–Kier alpha value is -0.900. The molecule has 104 valence electrons. The maximum absolute atomic E-state index is 10.6. The van der Waals surface area contributed by atoms with Crippen LogP contribution in [-0.4, -0.2) is 42.3 Å². The quantitative estimate of drug-likeness (QED) is 0.845. The van der Waals surface area contributed by atoms with E-state index in [1.807, 2.05) is 0 Å². The fraction of sp³-hybridized carbons (Fsp3) is 0.625. The molecule has 19 heavy (non-hydrogen) atoms. The van der Waals surface area contributed by atoms with Gasteiger partial charge in [0, 0.05) is 43.6 Å². The first-order chi connectivity index (χ1) is 9.02. The molecule has 2 N–H and O–H groups in total. The van der Waals surface area contributed by atoms with Crippen LogP contribution < -0.4 is 5.32 Å². The molecule has 1 aromatic rings. The first-order valence-corrected chi connectivity index (χ1v) is 7.17. The van der Waals surface area contributed by atoms with Crippen LogP contribution in [0.3, 0.4) is 0 Å². The number of hydrogen-bond acceptors (Lipinski definition) is 3. The lowest BCUT2D eigenvalue weighted by Crippen LogP contribution is -2.69. The van der Waals surface area contributed by atoms with Crippen molar-refractivity contribution in [3.8, 4) is 0 Å². The van der Waals surface area contributed by atoms with Gasteiger partial charge in [0.1, 0.15) is 0 Å². The van der Waals surface area contributed by atoms with Gasteiger partial charge in [0.05, 0.1) is 6.10 Å². The first kappa shape index (κ1) is 13.1. The minimum absolute atomic E-state index is 0.0277. The summed E-state index contributed by atoms with van der Waals surface area (Å²) in [4.78, 5) is 2.50. The summed E-state index contributed by atoms with van der Waals surface area (Å²) < 4.78 is 0. The molecular formula is C16H24N2O. The molecule has 3 nitrogen and oxygen atoms in total. The van der Waals surface area contributed by atoms with Crippen LogP contribution in [0.2, 0.25) is 0 Å². The van der Waals surface area contributed by atoms with Crippen molar-refractivity contribution in [2.45, 2.75) is 26.5 Å². The molecule has 0 unspecified atom stereocenters. The molecule has 0 aromatic heterocycles. The highest BCUT2D eigenvalue weighted by Crippen LogP contribution is 2.43. The topological polar surface area (TPSA) is 35.5 Å². The van der Waals surface area contributed by atoms with Crippen LogP contribution in [0.1, 0.15) is 19.4 Å². The fourth-order valence-electron chi connectivity index (χ4n) is 3.98. The van der Waals surface area contributed by atoms with Gasteiger partial charge in [-0.3, -0.25) is 4.90 Å². The summed E-state index contributed by atoms with van der Waals surface area (Å²) in [6, 6.07) is 10.6. The minimum atomic E-state index is -0.201. The van der Waals surface area contributed by atoms with Gasteiger partial charge >= 0.3 is 0 Å². The molecule has 1 aromatic carbocycles. The van der Waals surface area contributed by atoms with Crippen molar-refractivity contribution < 1.29 is 5.11 Å². The van der Waals surface area contributed by atoms with E-state index in [9.17, 15) is 5.11 Å². The van der Waals surface area contributed by atoms with Gasteiger partial charge in [0.25, 0.3) is 0 Å². The Morgan fingerprint density at radius 1 is 1.16 bits per heavy atom. The number of rotatable bonds is 2. The van der Waals surface area contributed by atoms with Crippen LogP contribution in [0, 0.1) is 10.8 Å². The lowest BCUT2D eigenvalue weighted by atomic mass is 9.63. The van der Waals surface area contributed by atoms with Gasteiger partial charge in [-0.2, -0.15) is 0 Å². The molecule has 2 heterocycles. The number of nitrogens with zero attached hydrogens (tertiary/aromatic N) is 1. The first-order valence-electron chi connectivity index (χ1n) is 7.17. The van der Waals surface area contributed by atoms with E-state index in [-0.39, 0.29) is 16.9 Å². The second-order valence-electron chi connectivity index (χ2n) is 6.94. The molecule has 2 saturated heterocycles. The summed E-state index contributed by atoms with van der Waals surface area (Å²) in [7, 11) is 0. The van der Waals surface area contributed by atoms with Crippen LogP contribution in [-0.2, 0) is 6.54 Å². The van der Waals surface area contributed by atoms with E-state index in [0.29, 0.717) is 0 Å². The Kier molecular flexibility index (Phi) is 3.16. The summed E-state index contributed by atoms with van der Waals surface area (Å²) in [6.07, 6.45) is -0.201. The summed E-state index contributed by atoms with van der Waals surface area (Å²) >= 11 is 0. The molecule has 0 spiro atoms. The van der Waals surface area contributed by atoms with Crippen LogP contribution in [0.25, 0.3) is 0 Å². The van der Waals surface area contributed by atoms with E-state index in [1.54, 1.807) is 0 Å². The molecule has 3 heteroatoms. The van der Waals surface area contributed by atoms with E-state index in [4.69, 9.17) is 0 Å². The van der Waals surface area contributed by atoms with Gasteiger partial charge in [-0.25, -0.2) is 0 Å². The number of piperidine rings is 2. The predicted octanol–water partition coefficient (Wildman–Crippen LogP) is 1.48. The largest absolute Gasteiger partial charge is 0.392 e. The van der Waals surface area contributed by atoms with E-state index >= 15 is 0 Å². The van der Waals surface area contributed by atoms with Gasteiger partial charge in [-0.15, -0.1) is 0 Å². The third-order valence-electron chi connectivity index (χ3n) is 4.80. The normalized spacial score (nSPS) is 39.2. The molecule has 0 aliphatic carbocycles. The maximum atomic E-state index is 10.6. The zero-order valence-electron chi connectivity index (χ0n) is 11.9. The molecule has 2 aliphatic rings. The van der Waals surface area contributed by atoms with Crippen molar-refractivity contribution in [3.63, 3.8) is 0 Å². The number of aliphatic hydroxyl groups is 1. The highest BCUT2D eigenvalue weighted by molar-refractivity contribution is 5.16. The Balaban J connectivity index is 1.79. The van der Waals surface area contributed by atoms with Crippen molar-refractivity contribution >= 4 is 0 Å². The van der Waals surface area contributed by atoms with Crippen LogP contribution >= 0.6 is 0 Å². The second-order valence-corrected chi connectivity index (χ2v) is 6.94. The summed E-state index contributed by atoms with van der Waals surface area (Å²) in [5.41, 5.74) is 1.30. The van der Waals surface area contributed by atoms with Gasteiger partial charge < -0.3 is 10.4 Å². The number of aliphatic hydroxyl groups excluding tert-OH is 1. The Bertz CT molecular complexity index is 429. The summed E-state index contributed by atoms with van der Waals surface area (Å²) in [6.45, 7) is 9.15. The molecule has 2 bridgehead atoms. The predicted molar refractivity (Wildman–Crippen MR) is 76.8 cm³/mol. The van der Waals surface area contributed by atoms with Gasteiger partial charge in [-0.1, -0.05) is 44.2 Å². The highest BCUT2D eigenvalue weighted by atomic mass is 16.3.